The number of carbonyl (C=O) groups is 1. The predicted molar refractivity (Wildman–Crippen MR) is 98.7 cm³/mol. The van der Waals surface area contributed by atoms with Crippen LogP contribution >= 0.6 is 11.6 Å². The summed E-state index contributed by atoms with van der Waals surface area (Å²) in [6, 6.07) is 4.84. The first-order chi connectivity index (χ1) is 12.6. The average molecular weight is 380 g/mol. The number of urea groups is 1. The van der Waals surface area contributed by atoms with Gasteiger partial charge in [-0.1, -0.05) is 23.7 Å². The molecule has 26 heavy (non-hydrogen) atoms. The van der Waals surface area contributed by atoms with E-state index in [1.807, 2.05) is 19.1 Å². The maximum atomic E-state index is 12.4. The molecule has 1 aliphatic heterocycles. The van der Waals surface area contributed by atoms with Gasteiger partial charge < -0.3 is 24.8 Å². The summed E-state index contributed by atoms with van der Waals surface area (Å²) in [7, 11) is 0. The molecule has 0 aliphatic carbocycles. The first-order valence-electron chi connectivity index (χ1n) is 8.56. The Hall–Kier alpha value is -2.32. The van der Waals surface area contributed by atoms with E-state index in [0.29, 0.717) is 42.1 Å². The molecule has 1 atom stereocenters. The van der Waals surface area contributed by atoms with Gasteiger partial charge in [-0.05, 0) is 31.5 Å². The fourth-order valence-electron chi connectivity index (χ4n) is 2.74. The number of carbonyl (C=O) groups excluding carboxylic acids is 1. The number of benzene rings is 1. The molecule has 0 bridgehead atoms. The second-order valence-electron chi connectivity index (χ2n) is 6.00. The Labute approximate surface area is 156 Å². The molecule has 1 saturated heterocycles. The van der Waals surface area contributed by atoms with Crippen LogP contribution in [0.15, 0.2) is 22.7 Å². The van der Waals surface area contributed by atoms with Gasteiger partial charge in [-0.3, -0.25) is 0 Å². The van der Waals surface area contributed by atoms with Gasteiger partial charge in [0.15, 0.2) is 5.82 Å². The molecule has 0 spiro atoms. The summed E-state index contributed by atoms with van der Waals surface area (Å²) in [6.07, 6.45) is 0.622. The Kier molecular flexibility index (Phi) is 5.95. The van der Waals surface area contributed by atoms with Crippen LogP contribution in [-0.4, -0.2) is 42.5 Å². The lowest BCUT2D eigenvalue weighted by Crippen LogP contribution is -2.36. The molecule has 8 nitrogen and oxygen atoms in total. The van der Waals surface area contributed by atoms with Crippen LogP contribution in [-0.2, 0) is 4.74 Å². The molecule has 1 unspecified atom stereocenters. The van der Waals surface area contributed by atoms with Crippen LogP contribution in [0.3, 0.4) is 0 Å². The number of ether oxygens (including phenoxy) is 1. The zero-order chi connectivity index (χ0) is 18.5. The van der Waals surface area contributed by atoms with Gasteiger partial charge >= 0.3 is 6.03 Å². The molecule has 1 fully saturated rings. The highest BCUT2D eigenvalue weighted by molar-refractivity contribution is 6.33. The molecule has 2 amide bonds. The number of nitrogens with one attached hydrogen (secondary N) is 2. The van der Waals surface area contributed by atoms with Gasteiger partial charge in [0.25, 0.3) is 0 Å². The number of amides is 2. The quantitative estimate of drug-likeness (QED) is 0.829. The second-order valence-corrected chi connectivity index (χ2v) is 6.41. The summed E-state index contributed by atoms with van der Waals surface area (Å²) in [5.74, 6) is 0.912. The number of anilines is 2. The molecule has 140 valence electrons. The van der Waals surface area contributed by atoms with Crippen molar-refractivity contribution in [2.24, 2.45) is 0 Å². The van der Waals surface area contributed by atoms with Crippen molar-refractivity contribution in [2.45, 2.75) is 26.3 Å². The zero-order valence-corrected chi connectivity index (χ0v) is 15.5. The lowest BCUT2D eigenvalue weighted by atomic mass is 10.2. The molecule has 3 rings (SSSR count). The summed E-state index contributed by atoms with van der Waals surface area (Å²) in [5.41, 5.74) is 1.54. The SMILES string of the molecule is CCC(NC(=O)Nc1cc(N2CCOCC2)ccc1Cl)c1nc(C)no1. The van der Waals surface area contributed by atoms with Crippen LogP contribution in [0.1, 0.15) is 31.1 Å². The summed E-state index contributed by atoms with van der Waals surface area (Å²) < 4.78 is 10.5. The Balaban J connectivity index is 1.68. The van der Waals surface area contributed by atoms with Crippen molar-refractivity contribution in [1.29, 1.82) is 0 Å². The van der Waals surface area contributed by atoms with Gasteiger partial charge in [-0.15, -0.1) is 0 Å². The maximum Gasteiger partial charge on any atom is 0.319 e. The van der Waals surface area contributed by atoms with E-state index in [4.69, 9.17) is 20.9 Å². The molecule has 2 aromatic rings. The van der Waals surface area contributed by atoms with Gasteiger partial charge in [-0.2, -0.15) is 4.98 Å². The highest BCUT2D eigenvalue weighted by atomic mass is 35.5. The fourth-order valence-corrected chi connectivity index (χ4v) is 2.90. The highest BCUT2D eigenvalue weighted by Gasteiger charge is 2.20. The van der Waals surface area contributed by atoms with Crippen LogP contribution in [0.25, 0.3) is 0 Å². The summed E-state index contributed by atoms with van der Waals surface area (Å²) in [4.78, 5) is 18.8. The normalized spacial score (nSPS) is 15.6. The highest BCUT2D eigenvalue weighted by Crippen LogP contribution is 2.28. The lowest BCUT2D eigenvalue weighted by molar-refractivity contribution is 0.122. The lowest BCUT2D eigenvalue weighted by Gasteiger charge is -2.29. The molecule has 9 heteroatoms. The number of hydrogen-bond acceptors (Lipinski definition) is 6. The summed E-state index contributed by atoms with van der Waals surface area (Å²) in [5, 5.41) is 9.86. The Morgan fingerprint density at radius 3 is 2.81 bits per heavy atom. The van der Waals surface area contributed by atoms with Crippen LogP contribution < -0.4 is 15.5 Å². The van der Waals surface area contributed by atoms with Gasteiger partial charge in [0, 0.05) is 18.8 Å². The smallest absolute Gasteiger partial charge is 0.319 e. The number of morpholine rings is 1. The standard InChI is InChI=1S/C17H22ClN5O3/c1-3-14(16-19-11(2)22-26-16)20-17(24)21-15-10-12(4-5-13(15)18)23-6-8-25-9-7-23/h4-5,10,14H,3,6-9H2,1-2H3,(H2,20,21,24). The summed E-state index contributed by atoms with van der Waals surface area (Å²) in [6.45, 7) is 6.65. The third-order valence-corrected chi connectivity index (χ3v) is 4.46. The number of halogens is 1. The third-order valence-electron chi connectivity index (χ3n) is 4.13. The number of aromatic nitrogens is 2. The number of rotatable bonds is 5. The minimum absolute atomic E-state index is 0.364. The van der Waals surface area contributed by atoms with Crippen molar-refractivity contribution in [3.8, 4) is 0 Å². The second kappa shape index (κ2) is 8.37. The molecular formula is C17H22ClN5O3. The number of nitrogens with zero attached hydrogens (tertiary/aromatic N) is 3. The van der Waals surface area contributed by atoms with E-state index < -0.39 is 0 Å². The first-order valence-corrected chi connectivity index (χ1v) is 8.94. The average Bonchev–Trinajstić information content (AvgIpc) is 3.08. The molecule has 1 aliphatic rings. The van der Waals surface area contributed by atoms with Crippen LogP contribution in [0, 0.1) is 6.92 Å². The monoisotopic (exact) mass is 379 g/mol. The van der Waals surface area contributed by atoms with Crippen molar-refractivity contribution < 1.29 is 14.1 Å². The Morgan fingerprint density at radius 1 is 1.38 bits per heavy atom. The topological polar surface area (TPSA) is 92.5 Å². The van der Waals surface area contributed by atoms with E-state index >= 15 is 0 Å². The minimum atomic E-state index is -0.381. The first kappa shape index (κ1) is 18.5. The Morgan fingerprint density at radius 2 is 2.15 bits per heavy atom. The zero-order valence-electron chi connectivity index (χ0n) is 14.8. The van der Waals surface area contributed by atoms with E-state index in [2.05, 4.69) is 25.7 Å². The molecule has 2 N–H and O–H groups in total. The number of aryl methyl sites for hydroxylation is 1. The molecule has 1 aromatic heterocycles. The van der Waals surface area contributed by atoms with Crippen molar-refractivity contribution in [1.82, 2.24) is 15.5 Å². The third kappa shape index (κ3) is 4.44. The van der Waals surface area contributed by atoms with Crippen molar-refractivity contribution >= 4 is 29.0 Å². The van der Waals surface area contributed by atoms with Gasteiger partial charge in [0.05, 0.1) is 23.9 Å². The maximum absolute atomic E-state index is 12.4. The molecule has 2 heterocycles. The van der Waals surface area contributed by atoms with Crippen molar-refractivity contribution in [3.63, 3.8) is 0 Å². The van der Waals surface area contributed by atoms with E-state index in [0.717, 1.165) is 18.8 Å². The summed E-state index contributed by atoms with van der Waals surface area (Å²) >= 11 is 6.24. The molecule has 1 aromatic carbocycles. The molecule has 0 saturated carbocycles. The molecule has 0 radical (unpaired) electrons. The van der Waals surface area contributed by atoms with Crippen molar-refractivity contribution in [3.05, 3.63) is 34.9 Å². The van der Waals surface area contributed by atoms with Crippen LogP contribution in [0.2, 0.25) is 5.02 Å². The van der Waals surface area contributed by atoms with E-state index in [1.54, 1.807) is 13.0 Å². The van der Waals surface area contributed by atoms with E-state index in [-0.39, 0.29) is 12.1 Å². The van der Waals surface area contributed by atoms with Gasteiger partial charge in [0.2, 0.25) is 5.89 Å². The predicted octanol–water partition coefficient (Wildman–Crippen LogP) is 3.14. The Bertz CT molecular complexity index is 761. The number of hydrogen-bond donors (Lipinski definition) is 2. The fraction of sp³-hybridized carbons (Fsp3) is 0.471. The van der Waals surface area contributed by atoms with Gasteiger partial charge in [0.1, 0.15) is 6.04 Å². The van der Waals surface area contributed by atoms with Gasteiger partial charge in [-0.25, -0.2) is 4.79 Å². The molecular weight excluding hydrogens is 358 g/mol. The van der Waals surface area contributed by atoms with E-state index in [1.165, 1.54) is 0 Å². The van der Waals surface area contributed by atoms with Crippen molar-refractivity contribution in [2.75, 3.05) is 36.5 Å². The largest absolute Gasteiger partial charge is 0.378 e. The van der Waals surface area contributed by atoms with Crippen LogP contribution in [0.5, 0.6) is 0 Å². The van der Waals surface area contributed by atoms with E-state index in [9.17, 15) is 4.79 Å². The van der Waals surface area contributed by atoms with Crippen LogP contribution in [0.4, 0.5) is 16.2 Å². The minimum Gasteiger partial charge on any atom is -0.378 e.